The van der Waals surface area contributed by atoms with Gasteiger partial charge in [0.05, 0.1) is 35.8 Å². The van der Waals surface area contributed by atoms with Gasteiger partial charge < -0.3 is 4.74 Å². The summed E-state index contributed by atoms with van der Waals surface area (Å²) < 4.78 is 5.37. The van der Waals surface area contributed by atoms with Gasteiger partial charge in [0.15, 0.2) is 0 Å². The molecule has 0 spiro atoms. The van der Waals surface area contributed by atoms with Gasteiger partial charge >= 0.3 is 0 Å². The summed E-state index contributed by atoms with van der Waals surface area (Å²) in [6.45, 7) is 0. The second kappa shape index (κ2) is 10.2. The number of ether oxygens (including phenoxy) is 1. The summed E-state index contributed by atoms with van der Waals surface area (Å²) in [5.41, 5.74) is 6.38. The number of nitrogens with one attached hydrogen (secondary N) is 1. The Labute approximate surface area is 220 Å². The van der Waals surface area contributed by atoms with E-state index >= 15 is 0 Å². The molecule has 4 aromatic carbocycles. The molecular weight excluding hydrogens is 472 g/mol. The lowest BCUT2D eigenvalue weighted by atomic mass is 9.91. The SMILES string of the molecule is COc1ccc(C2CC(c3c(-c4ccccc4)c(-c4ccccc4)n[nH]c3=O)=NN2c2ccccc2)cc1. The summed E-state index contributed by atoms with van der Waals surface area (Å²) in [5.74, 6) is 0.795. The van der Waals surface area contributed by atoms with Crippen LogP contribution in [0.3, 0.4) is 0 Å². The van der Waals surface area contributed by atoms with E-state index in [4.69, 9.17) is 9.84 Å². The van der Waals surface area contributed by atoms with Gasteiger partial charge in [-0.15, -0.1) is 0 Å². The number of H-pyrrole nitrogens is 1. The summed E-state index contributed by atoms with van der Waals surface area (Å²) in [4.78, 5) is 13.5. The van der Waals surface area contributed by atoms with Crippen molar-refractivity contribution in [2.75, 3.05) is 12.1 Å². The Balaban J connectivity index is 1.55. The van der Waals surface area contributed by atoms with E-state index in [-0.39, 0.29) is 11.6 Å². The van der Waals surface area contributed by atoms with E-state index in [9.17, 15) is 4.79 Å². The molecule has 1 unspecified atom stereocenters. The minimum Gasteiger partial charge on any atom is -0.497 e. The first kappa shape index (κ1) is 23.4. The fourth-order valence-electron chi connectivity index (χ4n) is 4.98. The third-order valence-electron chi connectivity index (χ3n) is 6.81. The third kappa shape index (κ3) is 4.37. The van der Waals surface area contributed by atoms with Crippen LogP contribution >= 0.6 is 0 Å². The van der Waals surface area contributed by atoms with Crippen LogP contribution in [-0.2, 0) is 0 Å². The maximum atomic E-state index is 13.5. The van der Waals surface area contributed by atoms with Gasteiger partial charge in [-0.3, -0.25) is 9.80 Å². The molecule has 1 N–H and O–H groups in total. The lowest BCUT2D eigenvalue weighted by molar-refractivity contribution is 0.414. The first-order chi connectivity index (χ1) is 18.7. The average Bonchev–Trinajstić information content (AvgIpc) is 3.43. The molecule has 5 aromatic rings. The van der Waals surface area contributed by atoms with E-state index in [1.165, 1.54) is 0 Å². The molecule has 0 bridgehead atoms. The Morgan fingerprint density at radius 3 is 2.00 bits per heavy atom. The zero-order chi connectivity index (χ0) is 25.9. The van der Waals surface area contributed by atoms with Crippen LogP contribution in [0.5, 0.6) is 5.75 Å². The molecule has 1 aliphatic rings. The molecular formula is C32H26N4O2. The second-order valence-corrected chi connectivity index (χ2v) is 9.10. The van der Waals surface area contributed by atoms with Crippen LogP contribution in [0.15, 0.2) is 125 Å². The minimum absolute atomic E-state index is 0.0883. The topological polar surface area (TPSA) is 70.6 Å². The molecule has 6 nitrogen and oxygen atoms in total. The Bertz CT molecular complexity index is 1630. The highest BCUT2D eigenvalue weighted by Gasteiger charge is 2.33. The minimum atomic E-state index is -0.259. The standard InChI is InChI=1S/C32H26N4O2/c1-38-26-19-17-22(18-20-26)28-21-27(35-36(28)25-15-9-4-10-16-25)30-29(23-11-5-2-6-12-23)31(33-34-32(30)37)24-13-7-3-8-14-24/h2-20,28H,21H2,1H3,(H,34,37). The molecule has 1 aliphatic heterocycles. The monoisotopic (exact) mass is 498 g/mol. The van der Waals surface area contributed by atoms with Crippen molar-refractivity contribution in [2.45, 2.75) is 12.5 Å². The second-order valence-electron chi connectivity index (χ2n) is 9.10. The number of hydrogen-bond acceptors (Lipinski definition) is 5. The fourth-order valence-corrected chi connectivity index (χ4v) is 4.98. The van der Waals surface area contributed by atoms with Crippen molar-refractivity contribution in [1.29, 1.82) is 0 Å². The zero-order valence-corrected chi connectivity index (χ0v) is 20.9. The zero-order valence-electron chi connectivity index (χ0n) is 20.9. The molecule has 186 valence electrons. The molecule has 6 rings (SSSR count). The smallest absolute Gasteiger partial charge is 0.274 e. The molecule has 1 aromatic heterocycles. The number of nitrogens with zero attached hydrogens (tertiary/aromatic N) is 3. The summed E-state index contributed by atoms with van der Waals surface area (Å²) in [6.07, 6.45) is 0.558. The summed E-state index contributed by atoms with van der Waals surface area (Å²) >= 11 is 0. The number of aromatic amines is 1. The van der Waals surface area contributed by atoms with Gasteiger partial charge in [0.25, 0.3) is 5.56 Å². The lowest BCUT2D eigenvalue weighted by Gasteiger charge is -2.24. The van der Waals surface area contributed by atoms with Crippen molar-refractivity contribution in [2.24, 2.45) is 5.10 Å². The molecule has 2 heterocycles. The molecule has 0 saturated heterocycles. The highest BCUT2D eigenvalue weighted by Crippen LogP contribution is 2.39. The number of methoxy groups -OCH3 is 1. The van der Waals surface area contributed by atoms with E-state index in [2.05, 4.69) is 22.3 Å². The van der Waals surface area contributed by atoms with Gasteiger partial charge in [0.2, 0.25) is 0 Å². The number of hydrogen-bond donors (Lipinski definition) is 1. The highest BCUT2D eigenvalue weighted by molar-refractivity contribution is 6.09. The van der Waals surface area contributed by atoms with Crippen molar-refractivity contribution in [3.63, 3.8) is 0 Å². The van der Waals surface area contributed by atoms with Crippen molar-refractivity contribution < 1.29 is 4.74 Å². The Hall–Kier alpha value is -4.97. The first-order valence-corrected chi connectivity index (χ1v) is 12.5. The number of hydrazone groups is 1. The predicted molar refractivity (Wildman–Crippen MR) is 152 cm³/mol. The fraction of sp³-hybridized carbons (Fsp3) is 0.0938. The molecule has 0 saturated carbocycles. The van der Waals surface area contributed by atoms with Gasteiger partial charge in [0.1, 0.15) is 5.75 Å². The number of anilines is 1. The van der Waals surface area contributed by atoms with Gasteiger partial charge in [-0.05, 0) is 35.4 Å². The van der Waals surface area contributed by atoms with Crippen molar-refractivity contribution in [3.05, 3.63) is 137 Å². The van der Waals surface area contributed by atoms with E-state index in [0.29, 0.717) is 23.4 Å². The van der Waals surface area contributed by atoms with Gasteiger partial charge in [-0.1, -0.05) is 91.0 Å². The van der Waals surface area contributed by atoms with Crippen LogP contribution in [0, 0.1) is 0 Å². The quantitative estimate of drug-likeness (QED) is 0.291. The van der Waals surface area contributed by atoms with E-state index in [0.717, 1.165) is 33.7 Å². The van der Waals surface area contributed by atoms with Crippen LogP contribution in [0.4, 0.5) is 5.69 Å². The molecule has 1 atom stereocenters. The molecule has 0 amide bonds. The Morgan fingerprint density at radius 2 is 1.37 bits per heavy atom. The van der Waals surface area contributed by atoms with Crippen LogP contribution in [0.25, 0.3) is 22.4 Å². The van der Waals surface area contributed by atoms with Gasteiger partial charge in [-0.2, -0.15) is 10.2 Å². The molecule has 0 fully saturated rings. The molecule has 0 aliphatic carbocycles. The first-order valence-electron chi connectivity index (χ1n) is 12.5. The number of benzene rings is 4. The number of para-hydroxylation sites is 1. The van der Waals surface area contributed by atoms with Gasteiger partial charge in [0, 0.05) is 17.5 Å². The maximum Gasteiger partial charge on any atom is 0.274 e. The van der Waals surface area contributed by atoms with Crippen LogP contribution in [0.2, 0.25) is 0 Å². The van der Waals surface area contributed by atoms with Crippen molar-refractivity contribution >= 4 is 11.4 Å². The third-order valence-corrected chi connectivity index (χ3v) is 6.81. The molecule has 6 heteroatoms. The largest absolute Gasteiger partial charge is 0.497 e. The van der Waals surface area contributed by atoms with E-state index < -0.39 is 0 Å². The predicted octanol–water partition coefficient (Wildman–Crippen LogP) is 6.47. The molecule has 38 heavy (non-hydrogen) atoms. The van der Waals surface area contributed by atoms with Gasteiger partial charge in [-0.25, -0.2) is 5.10 Å². The van der Waals surface area contributed by atoms with E-state index in [1.54, 1.807) is 7.11 Å². The summed E-state index contributed by atoms with van der Waals surface area (Å²) in [7, 11) is 1.66. The Kier molecular flexibility index (Phi) is 6.28. The van der Waals surface area contributed by atoms with Crippen molar-refractivity contribution in [1.82, 2.24) is 10.2 Å². The maximum absolute atomic E-state index is 13.5. The highest BCUT2D eigenvalue weighted by atomic mass is 16.5. The normalized spacial score (nSPS) is 14.8. The van der Waals surface area contributed by atoms with Crippen molar-refractivity contribution in [3.8, 4) is 28.1 Å². The average molecular weight is 499 g/mol. The van der Waals surface area contributed by atoms with E-state index in [1.807, 2.05) is 108 Å². The van der Waals surface area contributed by atoms with Crippen LogP contribution < -0.4 is 15.3 Å². The molecule has 0 radical (unpaired) electrons. The number of rotatable bonds is 6. The van der Waals surface area contributed by atoms with Crippen LogP contribution in [0.1, 0.15) is 23.6 Å². The van der Waals surface area contributed by atoms with Crippen LogP contribution in [-0.4, -0.2) is 23.0 Å². The Morgan fingerprint density at radius 1 is 0.763 bits per heavy atom. The lowest BCUT2D eigenvalue weighted by Crippen LogP contribution is -2.22. The summed E-state index contributed by atoms with van der Waals surface area (Å²) in [5, 5.41) is 14.4. The number of aromatic nitrogens is 2. The summed E-state index contributed by atoms with van der Waals surface area (Å²) in [6, 6.07) is 37.9.